The second-order valence-electron chi connectivity index (χ2n) is 5.27. The molecule has 1 unspecified atom stereocenters. The Labute approximate surface area is 124 Å². The number of hydrogen-bond donors (Lipinski definition) is 2. The number of hydrogen-bond acceptors (Lipinski definition) is 3. The van der Waals surface area contributed by atoms with Crippen molar-refractivity contribution >= 4 is 17.0 Å². The fourth-order valence-electron chi connectivity index (χ4n) is 2.15. The summed E-state index contributed by atoms with van der Waals surface area (Å²) in [7, 11) is 0. The van der Waals surface area contributed by atoms with Gasteiger partial charge in [0.1, 0.15) is 12.4 Å². The van der Waals surface area contributed by atoms with Crippen LogP contribution in [-0.2, 0) is 0 Å². The lowest BCUT2D eigenvalue weighted by Crippen LogP contribution is -2.24. The molecule has 0 fully saturated rings. The van der Waals surface area contributed by atoms with Gasteiger partial charge in [0.05, 0.1) is 17.1 Å². The minimum absolute atomic E-state index is 0.159. The molecule has 2 N–H and O–H groups in total. The molecular formula is C17H19N3O. The maximum atomic E-state index is 5.76. The monoisotopic (exact) mass is 281 g/mol. The fraction of sp³-hybridized carbons (Fsp3) is 0.235. The predicted octanol–water partition coefficient (Wildman–Crippen LogP) is 3.75. The fourth-order valence-corrected chi connectivity index (χ4v) is 2.15. The average Bonchev–Trinajstić information content (AvgIpc) is 2.88. The third-order valence-corrected chi connectivity index (χ3v) is 3.29. The van der Waals surface area contributed by atoms with Crippen LogP contribution in [-0.4, -0.2) is 22.6 Å². The second kappa shape index (κ2) is 5.87. The summed E-state index contributed by atoms with van der Waals surface area (Å²) in [5.74, 6) is 1.66. The third kappa shape index (κ3) is 3.34. The largest absolute Gasteiger partial charge is 0.491 e. The molecular weight excluding hydrogens is 262 g/mol. The molecule has 0 bridgehead atoms. The standard InChI is InChI=1S/C17H19N3O/c1-12-7-9-14(10-8-12)21-11-13(2)18-17-19-15-5-3-4-6-16(15)20-17/h3-10,13H,11H2,1-2H3,(H2,18,19,20). The molecule has 2 aromatic carbocycles. The number of aryl methyl sites for hydroxylation is 1. The Morgan fingerprint density at radius 1 is 1.14 bits per heavy atom. The first-order valence-corrected chi connectivity index (χ1v) is 7.11. The van der Waals surface area contributed by atoms with Crippen LogP contribution in [0.4, 0.5) is 5.95 Å². The van der Waals surface area contributed by atoms with E-state index in [1.54, 1.807) is 0 Å². The van der Waals surface area contributed by atoms with Crippen molar-refractivity contribution in [3.8, 4) is 5.75 Å². The van der Waals surface area contributed by atoms with E-state index < -0.39 is 0 Å². The Hall–Kier alpha value is -2.49. The highest BCUT2D eigenvalue weighted by atomic mass is 16.5. The summed E-state index contributed by atoms with van der Waals surface area (Å²) in [4.78, 5) is 7.75. The number of imidazole rings is 1. The van der Waals surface area contributed by atoms with E-state index in [-0.39, 0.29) is 6.04 Å². The van der Waals surface area contributed by atoms with Crippen molar-refractivity contribution in [2.75, 3.05) is 11.9 Å². The number of aromatic amines is 1. The van der Waals surface area contributed by atoms with E-state index in [0.29, 0.717) is 6.61 Å². The van der Waals surface area contributed by atoms with Crippen LogP contribution >= 0.6 is 0 Å². The Morgan fingerprint density at radius 2 is 1.90 bits per heavy atom. The van der Waals surface area contributed by atoms with Crippen molar-refractivity contribution in [1.29, 1.82) is 0 Å². The Morgan fingerprint density at radius 3 is 2.67 bits per heavy atom. The molecule has 0 radical (unpaired) electrons. The zero-order valence-electron chi connectivity index (χ0n) is 12.3. The summed E-state index contributed by atoms with van der Waals surface area (Å²) in [6.45, 7) is 4.72. The van der Waals surface area contributed by atoms with Crippen LogP contribution < -0.4 is 10.1 Å². The van der Waals surface area contributed by atoms with Crippen LogP contribution in [0.25, 0.3) is 11.0 Å². The van der Waals surface area contributed by atoms with Crippen molar-refractivity contribution in [3.63, 3.8) is 0 Å². The van der Waals surface area contributed by atoms with Gasteiger partial charge in [-0.2, -0.15) is 0 Å². The topological polar surface area (TPSA) is 49.9 Å². The van der Waals surface area contributed by atoms with Crippen molar-refractivity contribution in [3.05, 3.63) is 54.1 Å². The van der Waals surface area contributed by atoms with Gasteiger partial charge in [0.15, 0.2) is 0 Å². The molecule has 1 atom stereocenters. The van der Waals surface area contributed by atoms with Gasteiger partial charge >= 0.3 is 0 Å². The van der Waals surface area contributed by atoms with Crippen molar-refractivity contribution in [2.24, 2.45) is 0 Å². The van der Waals surface area contributed by atoms with E-state index in [1.165, 1.54) is 5.56 Å². The number of benzene rings is 2. The molecule has 3 aromatic rings. The SMILES string of the molecule is Cc1ccc(OCC(C)Nc2nc3ccccc3[nH]2)cc1. The van der Waals surface area contributed by atoms with E-state index in [0.717, 1.165) is 22.7 Å². The molecule has 0 spiro atoms. The summed E-state index contributed by atoms with van der Waals surface area (Å²) < 4.78 is 5.76. The van der Waals surface area contributed by atoms with Gasteiger partial charge in [0, 0.05) is 0 Å². The van der Waals surface area contributed by atoms with E-state index in [9.17, 15) is 0 Å². The molecule has 0 aliphatic carbocycles. The minimum atomic E-state index is 0.159. The third-order valence-electron chi connectivity index (χ3n) is 3.29. The molecule has 4 heteroatoms. The van der Waals surface area contributed by atoms with Crippen molar-refractivity contribution in [2.45, 2.75) is 19.9 Å². The highest BCUT2D eigenvalue weighted by molar-refractivity contribution is 5.77. The number of fused-ring (bicyclic) bond motifs is 1. The molecule has 0 amide bonds. The van der Waals surface area contributed by atoms with Crippen LogP contribution in [0.1, 0.15) is 12.5 Å². The number of H-pyrrole nitrogens is 1. The summed E-state index contributed by atoms with van der Waals surface area (Å²) in [5.41, 5.74) is 3.23. The molecule has 0 saturated carbocycles. The van der Waals surface area contributed by atoms with Crippen LogP contribution in [0.3, 0.4) is 0 Å². The van der Waals surface area contributed by atoms with Crippen molar-refractivity contribution in [1.82, 2.24) is 9.97 Å². The molecule has 0 saturated heterocycles. The Kier molecular flexibility index (Phi) is 3.77. The van der Waals surface area contributed by atoms with Gasteiger partial charge in [0.2, 0.25) is 5.95 Å². The zero-order valence-corrected chi connectivity index (χ0v) is 12.3. The number of rotatable bonds is 5. The molecule has 21 heavy (non-hydrogen) atoms. The summed E-state index contributed by atoms with van der Waals surface area (Å²) in [6, 6.07) is 16.2. The van der Waals surface area contributed by atoms with Crippen LogP contribution in [0, 0.1) is 6.92 Å². The average molecular weight is 281 g/mol. The van der Waals surface area contributed by atoms with Gasteiger partial charge in [-0.05, 0) is 38.1 Å². The summed E-state index contributed by atoms with van der Waals surface area (Å²) >= 11 is 0. The number of aromatic nitrogens is 2. The Bertz CT molecular complexity index is 685. The summed E-state index contributed by atoms with van der Waals surface area (Å²) in [5, 5.41) is 3.32. The molecule has 0 aliphatic heterocycles. The lowest BCUT2D eigenvalue weighted by Gasteiger charge is -2.14. The van der Waals surface area contributed by atoms with Crippen molar-refractivity contribution < 1.29 is 4.74 Å². The van der Waals surface area contributed by atoms with Gasteiger partial charge in [-0.25, -0.2) is 4.98 Å². The van der Waals surface area contributed by atoms with Crippen LogP contribution in [0.2, 0.25) is 0 Å². The van der Waals surface area contributed by atoms with Gasteiger partial charge in [0.25, 0.3) is 0 Å². The molecule has 0 aliphatic rings. The summed E-state index contributed by atoms with van der Waals surface area (Å²) in [6.07, 6.45) is 0. The quantitative estimate of drug-likeness (QED) is 0.749. The lowest BCUT2D eigenvalue weighted by molar-refractivity contribution is 0.303. The molecule has 1 aromatic heterocycles. The molecule has 108 valence electrons. The van der Waals surface area contributed by atoms with Gasteiger partial charge in [-0.3, -0.25) is 0 Å². The van der Waals surface area contributed by atoms with Gasteiger partial charge in [-0.1, -0.05) is 29.8 Å². The van der Waals surface area contributed by atoms with E-state index in [1.807, 2.05) is 48.5 Å². The Balaban J connectivity index is 1.58. The number of nitrogens with zero attached hydrogens (tertiary/aromatic N) is 1. The number of anilines is 1. The van der Waals surface area contributed by atoms with Crippen LogP contribution in [0.5, 0.6) is 5.75 Å². The highest BCUT2D eigenvalue weighted by Crippen LogP contribution is 2.15. The molecule has 3 rings (SSSR count). The number of para-hydroxylation sites is 2. The van der Waals surface area contributed by atoms with E-state index in [4.69, 9.17) is 4.74 Å². The number of ether oxygens (including phenoxy) is 1. The maximum Gasteiger partial charge on any atom is 0.201 e. The highest BCUT2D eigenvalue weighted by Gasteiger charge is 2.07. The normalized spacial score (nSPS) is 12.3. The zero-order chi connectivity index (χ0) is 14.7. The first-order chi connectivity index (χ1) is 10.2. The second-order valence-corrected chi connectivity index (χ2v) is 5.27. The number of nitrogens with one attached hydrogen (secondary N) is 2. The smallest absolute Gasteiger partial charge is 0.201 e. The van der Waals surface area contributed by atoms with E-state index >= 15 is 0 Å². The lowest BCUT2D eigenvalue weighted by atomic mass is 10.2. The first kappa shape index (κ1) is 13.5. The molecule has 1 heterocycles. The predicted molar refractivity (Wildman–Crippen MR) is 85.9 cm³/mol. The van der Waals surface area contributed by atoms with Crippen LogP contribution in [0.15, 0.2) is 48.5 Å². The van der Waals surface area contributed by atoms with Gasteiger partial charge < -0.3 is 15.0 Å². The van der Waals surface area contributed by atoms with E-state index in [2.05, 4.69) is 29.1 Å². The van der Waals surface area contributed by atoms with Gasteiger partial charge in [-0.15, -0.1) is 0 Å². The minimum Gasteiger partial charge on any atom is -0.491 e. The first-order valence-electron chi connectivity index (χ1n) is 7.11. The maximum absolute atomic E-state index is 5.76. The molecule has 4 nitrogen and oxygen atoms in total.